The number of ether oxygens (including phenoxy) is 1. The second kappa shape index (κ2) is 7.93. The Balaban J connectivity index is 1.85. The summed E-state index contributed by atoms with van der Waals surface area (Å²) in [6.45, 7) is 5.11. The van der Waals surface area contributed by atoms with Crippen molar-refractivity contribution in [1.29, 1.82) is 0 Å². The Bertz CT molecular complexity index is 1050. The fourth-order valence-corrected chi connectivity index (χ4v) is 3.71. The molecule has 28 heavy (non-hydrogen) atoms. The van der Waals surface area contributed by atoms with E-state index in [1.165, 1.54) is 23.9 Å². The number of halogens is 1. The first kappa shape index (κ1) is 19.7. The number of H-pyrrole nitrogens is 1. The van der Waals surface area contributed by atoms with E-state index in [4.69, 9.17) is 4.74 Å². The van der Waals surface area contributed by atoms with Gasteiger partial charge in [0.05, 0.1) is 29.3 Å². The van der Waals surface area contributed by atoms with Crippen LogP contribution in [0.25, 0.3) is 5.69 Å². The molecule has 1 N–H and O–H groups in total. The molecule has 0 radical (unpaired) electrons. The summed E-state index contributed by atoms with van der Waals surface area (Å²) in [6, 6.07) is 5.84. The highest BCUT2D eigenvalue weighted by molar-refractivity contribution is 8.00. The average Bonchev–Trinajstić information content (AvgIpc) is 3.24. The van der Waals surface area contributed by atoms with Gasteiger partial charge in [0.1, 0.15) is 5.82 Å². The SMILES string of the molecule is COC(=O)c1c(C)[nH]c(C(=O)[C@H](C)Sc2nnnn2-c2cccc(F)c2)c1C. The van der Waals surface area contributed by atoms with Gasteiger partial charge in [0, 0.05) is 5.69 Å². The van der Waals surface area contributed by atoms with Crippen LogP contribution in [-0.4, -0.2) is 49.3 Å². The number of carbonyl (C=O) groups excluding carboxylic acids is 2. The highest BCUT2D eigenvalue weighted by Crippen LogP contribution is 2.28. The number of aryl methyl sites for hydroxylation is 1. The van der Waals surface area contributed by atoms with Gasteiger partial charge < -0.3 is 9.72 Å². The van der Waals surface area contributed by atoms with E-state index < -0.39 is 17.0 Å². The molecule has 146 valence electrons. The van der Waals surface area contributed by atoms with Crippen LogP contribution in [0.1, 0.15) is 39.0 Å². The molecule has 2 heterocycles. The topological polar surface area (TPSA) is 103 Å². The third kappa shape index (κ3) is 3.68. The summed E-state index contributed by atoms with van der Waals surface area (Å²) in [5.74, 6) is -1.13. The van der Waals surface area contributed by atoms with Crippen molar-refractivity contribution in [3.8, 4) is 5.69 Å². The van der Waals surface area contributed by atoms with Gasteiger partial charge in [-0.15, -0.1) is 5.10 Å². The van der Waals surface area contributed by atoms with E-state index in [1.54, 1.807) is 32.9 Å². The number of Topliss-reactive ketones (excluding diaryl/α,β-unsaturated/α-hetero) is 1. The number of hydrogen-bond donors (Lipinski definition) is 1. The van der Waals surface area contributed by atoms with Crippen molar-refractivity contribution in [2.24, 2.45) is 0 Å². The van der Waals surface area contributed by atoms with Gasteiger partial charge in [-0.3, -0.25) is 4.79 Å². The van der Waals surface area contributed by atoms with Gasteiger partial charge in [-0.1, -0.05) is 17.8 Å². The van der Waals surface area contributed by atoms with Crippen LogP contribution in [0.4, 0.5) is 4.39 Å². The van der Waals surface area contributed by atoms with Crippen LogP contribution >= 0.6 is 11.8 Å². The normalized spacial score (nSPS) is 12.0. The molecular weight excluding hydrogens is 385 g/mol. The van der Waals surface area contributed by atoms with E-state index in [9.17, 15) is 14.0 Å². The number of thioether (sulfide) groups is 1. The fraction of sp³-hybridized carbons (Fsp3) is 0.278. The Labute approximate surface area is 164 Å². The number of esters is 1. The molecule has 1 atom stereocenters. The number of benzene rings is 1. The number of ketones is 1. The molecule has 2 aromatic heterocycles. The minimum absolute atomic E-state index is 0.213. The van der Waals surface area contributed by atoms with Gasteiger partial charge in [0.2, 0.25) is 5.16 Å². The Morgan fingerprint density at radius 3 is 2.75 bits per heavy atom. The van der Waals surface area contributed by atoms with Crippen molar-refractivity contribution >= 4 is 23.5 Å². The van der Waals surface area contributed by atoms with Gasteiger partial charge in [0.25, 0.3) is 0 Å². The zero-order valence-corrected chi connectivity index (χ0v) is 16.5. The quantitative estimate of drug-likeness (QED) is 0.383. The van der Waals surface area contributed by atoms with E-state index >= 15 is 0 Å². The number of carbonyl (C=O) groups is 2. The lowest BCUT2D eigenvalue weighted by Crippen LogP contribution is -2.16. The number of nitrogens with one attached hydrogen (secondary N) is 1. The summed E-state index contributed by atoms with van der Waals surface area (Å²) in [7, 11) is 1.29. The molecule has 3 rings (SSSR count). The third-order valence-corrected chi connectivity index (χ3v) is 5.25. The lowest BCUT2D eigenvalue weighted by molar-refractivity contribution is 0.0599. The van der Waals surface area contributed by atoms with E-state index in [0.717, 1.165) is 11.8 Å². The molecule has 0 saturated carbocycles. The van der Waals surface area contributed by atoms with Crippen LogP contribution in [0.15, 0.2) is 29.4 Å². The van der Waals surface area contributed by atoms with Crippen LogP contribution in [0.5, 0.6) is 0 Å². The fourth-order valence-electron chi connectivity index (χ4n) is 2.84. The van der Waals surface area contributed by atoms with Crippen molar-refractivity contribution in [2.45, 2.75) is 31.2 Å². The largest absolute Gasteiger partial charge is 0.465 e. The number of rotatable bonds is 6. The Hall–Kier alpha value is -3.01. The number of nitrogens with zero attached hydrogens (tertiary/aromatic N) is 4. The van der Waals surface area contributed by atoms with Gasteiger partial charge in [0.15, 0.2) is 5.78 Å². The minimum Gasteiger partial charge on any atom is -0.465 e. The van der Waals surface area contributed by atoms with Crippen LogP contribution < -0.4 is 0 Å². The van der Waals surface area contributed by atoms with Crippen molar-refractivity contribution < 1.29 is 18.7 Å². The van der Waals surface area contributed by atoms with Crippen LogP contribution in [0.2, 0.25) is 0 Å². The first-order valence-electron chi connectivity index (χ1n) is 8.36. The second-order valence-corrected chi connectivity index (χ2v) is 7.40. The Morgan fingerprint density at radius 1 is 1.32 bits per heavy atom. The molecule has 0 unspecified atom stereocenters. The van der Waals surface area contributed by atoms with Gasteiger partial charge in [-0.05, 0) is 55.0 Å². The predicted molar refractivity (Wildman–Crippen MR) is 100 cm³/mol. The summed E-state index contributed by atoms with van der Waals surface area (Å²) in [5, 5.41) is 11.2. The monoisotopic (exact) mass is 403 g/mol. The number of aromatic amines is 1. The molecule has 0 aliphatic heterocycles. The average molecular weight is 403 g/mol. The maximum absolute atomic E-state index is 13.5. The summed E-state index contributed by atoms with van der Waals surface area (Å²) in [6.07, 6.45) is 0. The number of methoxy groups -OCH3 is 1. The molecular formula is C18H18FN5O3S. The molecule has 3 aromatic rings. The zero-order chi connectivity index (χ0) is 20.4. The molecule has 10 heteroatoms. The third-order valence-electron chi connectivity index (χ3n) is 4.22. The van der Waals surface area contributed by atoms with Crippen LogP contribution in [0.3, 0.4) is 0 Å². The molecule has 0 bridgehead atoms. The van der Waals surface area contributed by atoms with Crippen molar-refractivity contribution in [3.63, 3.8) is 0 Å². The zero-order valence-electron chi connectivity index (χ0n) is 15.7. The molecule has 0 spiro atoms. The minimum atomic E-state index is -0.555. The van der Waals surface area contributed by atoms with Crippen molar-refractivity contribution in [2.75, 3.05) is 7.11 Å². The van der Waals surface area contributed by atoms with E-state index in [-0.39, 0.29) is 5.78 Å². The van der Waals surface area contributed by atoms with Crippen LogP contribution in [0, 0.1) is 19.7 Å². The molecule has 0 aliphatic carbocycles. The van der Waals surface area contributed by atoms with Gasteiger partial charge in [-0.2, -0.15) is 4.68 Å². The lowest BCUT2D eigenvalue weighted by atomic mass is 10.1. The Kier molecular flexibility index (Phi) is 5.59. The molecule has 0 saturated heterocycles. The maximum Gasteiger partial charge on any atom is 0.339 e. The van der Waals surface area contributed by atoms with Gasteiger partial charge in [-0.25, -0.2) is 9.18 Å². The maximum atomic E-state index is 13.5. The number of hydrogen-bond acceptors (Lipinski definition) is 7. The second-order valence-electron chi connectivity index (χ2n) is 6.09. The van der Waals surface area contributed by atoms with Gasteiger partial charge >= 0.3 is 5.97 Å². The number of tetrazole rings is 1. The van der Waals surface area contributed by atoms with E-state index in [1.807, 2.05) is 0 Å². The van der Waals surface area contributed by atoms with E-state index in [2.05, 4.69) is 20.5 Å². The molecule has 0 aliphatic rings. The first-order chi connectivity index (χ1) is 13.3. The lowest BCUT2D eigenvalue weighted by Gasteiger charge is -2.10. The van der Waals surface area contributed by atoms with Crippen molar-refractivity contribution in [1.82, 2.24) is 25.2 Å². The number of aromatic nitrogens is 5. The first-order valence-corrected chi connectivity index (χ1v) is 9.24. The Morgan fingerprint density at radius 2 is 2.07 bits per heavy atom. The van der Waals surface area contributed by atoms with Crippen molar-refractivity contribution in [3.05, 3.63) is 52.6 Å². The summed E-state index contributed by atoms with van der Waals surface area (Å²) in [4.78, 5) is 27.8. The summed E-state index contributed by atoms with van der Waals surface area (Å²) in [5.41, 5.74) is 2.24. The molecule has 1 aromatic carbocycles. The van der Waals surface area contributed by atoms with E-state index in [0.29, 0.717) is 33.4 Å². The molecule has 8 nitrogen and oxygen atoms in total. The standard InChI is InChI=1S/C18H18FN5O3S/c1-9-14(17(26)27-4)10(2)20-15(9)16(25)11(3)28-18-21-22-23-24(18)13-7-5-6-12(19)8-13/h5-8,11,20H,1-4H3/t11-/m0/s1. The summed E-state index contributed by atoms with van der Waals surface area (Å²) < 4.78 is 19.6. The highest BCUT2D eigenvalue weighted by atomic mass is 32.2. The smallest absolute Gasteiger partial charge is 0.339 e. The van der Waals surface area contributed by atoms with Crippen LogP contribution in [-0.2, 0) is 4.74 Å². The summed E-state index contributed by atoms with van der Waals surface area (Å²) >= 11 is 1.14. The predicted octanol–water partition coefficient (Wildman–Crippen LogP) is 2.90. The molecule has 0 amide bonds. The highest BCUT2D eigenvalue weighted by Gasteiger charge is 2.27. The molecule has 0 fully saturated rings.